The van der Waals surface area contributed by atoms with Crippen LogP contribution >= 0.6 is 11.3 Å². The van der Waals surface area contributed by atoms with E-state index in [0.29, 0.717) is 42.0 Å². The third-order valence-corrected chi connectivity index (χ3v) is 9.44. The zero-order valence-electron chi connectivity index (χ0n) is 18.8. The maximum atomic E-state index is 12.7. The summed E-state index contributed by atoms with van der Waals surface area (Å²) in [6.45, 7) is 2.16. The summed E-state index contributed by atoms with van der Waals surface area (Å²) in [5.41, 5.74) is 0. The van der Waals surface area contributed by atoms with Crippen LogP contribution in [0.5, 0.6) is 5.88 Å². The zero-order chi connectivity index (χ0) is 23.4. The first-order valence-electron chi connectivity index (χ1n) is 11.0. The van der Waals surface area contributed by atoms with Gasteiger partial charge < -0.3 is 19.3 Å². The number of rotatable bonds is 6. The van der Waals surface area contributed by atoms with Crippen LogP contribution in [0, 0.1) is 0 Å². The van der Waals surface area contributed by atoms with Gasteiger partial charge in [-0.3, -0.25) is 0 Å². The van der Waals surface area contributed by atoms with Crippen molar-refractivity contribution in [3.63, 3.8) is 0 Å². The van der Waals surface area contributed by atoms with Crippen LogP contribution in [0.2, 0.25) is 0 Å². The number of nitrogens with zero attached hydrogens (tertiary/aromatic N) is 5. The second-order valence-electron chi connectivity index (χ2n) is 8.15. The number of hydrogen-bond donors (Lipinski definition) is 0. The van der Waals surface area contributed by atoms with Crippen molar-refractivity contribution in [1.82, 2.24) is 19.2 Å². The molecule has 180 valence electrons. The normalized spacial score (nSPS) is 18.8. The molecule has 33 heavy (non-hydrogen) atoms. The van der Waals surface area contributed by atoms with Crippen molar-refractivity contribution in [2.45, 2.75) is 42.0 Å². The topological polar surface area (TPSA) is 105 Å². The molecule has 0 saturated carbocycles. The number of methoxy groups -OCH3 is 1. The Hall–Kier alpha value is -2.44. The van der Waals surface area contributed by atoms with Crippen LogP contribution in [0.4, 0.5) is 10.7 Å². The molecular weight excluding hydrogens is 466 g/mol. The minimum atomic E-state index is -3.46. The van der Waals surface area contributed by atoms with Crippen molar-refractivity contribution >= 4 is 33.4 Å². The Labute approximate surface area is 198 Å². The molecule has 2 aliphatic heterocycles. The molecule has 4 rings (SSSR count). The van der Waals surface area contributed by atoms with E-state index in [4.69, 9.17) is 9.47 Å². The van der Waals surface area contributed by atoms with Gasteiger partial charge in [0, 0.05) is 51.5 Å². The first-order valence-corrected chi connectivity index (χ1v) is 13.3. The molecular formula is C21H29N5O5S2. The predicted molar refractivity (Wildman–Crippen MR) is 124 cm³/mol. The average molecular weight is 496 g/mol. The molecule has 0 spiro atoms. The fourth-order valence-corrected chi connectivity index (χ4v) is 6.77. The van der Waals surface area contributed by atoms with Gasteiger partial charge in [-0.1, -0.05) is 6.07 Å². The molecule has 2 aliphatic rings. The van der Waals surface area contributed by atoms with Gasteiger partial charge in [0.15, 0.2) is 0 Å². The summed E-state index contributed by atoms with van der Waals surface area (Å²) < 4.78 is 38.0. The van der Waals surface area contributed by atoms with Crippen molar-refractivity contribution in [1.29, 1.82) is 0 Å². The zero-order valence-corrected chi connectivity index (χ0v) is 20.4. The predicted octanol–water partition coefficient (Wildman–Crippen LogP) is 2.44. The summed E-state index contributed by atoms with van der Waals surface area (Å²) in [4.78, 5) is 25.2. The summed E-state index contributed by atoms with van der Waals surface area (Å²) in [6.07, 6.45) is 3.60. The van der Waals surface area contributed by atoms with E-state index >= 15 is 0 Å². The van der Waals surface area contributed by atoms with Crippen LogP contribution in [-0.4, -0.2) is 86.2 Å². The number of amides is 1. The number of anilines is 1. The number of ether oxygens (including phenoxy) is 2. The summed E-state index contributed by atoms with van der Waals surface area (Å²) in [5, 5.41) is 1.76. The highest BCUT2D eigenvalue weighted by atomic mass is 32.2. The quantitative estimate of drug-likeness (QED) is 0.602. The third-order valence-electron chi connectivity index (χ3n) is 6.17. The number of thiophene rings is 1. The summed E-state index contributed by atoms with van der Waals surface area (Å²) in [5.74, 6) is 1.15. The largest absolute Gasteiger partial charge is 0.481 e. The molecule has 2 aromatic rings. The lowest BCUT2D eigenvalue weighted by atomic mass is 10.0. The van der Waals surface area contributed by atoms with Crippen LogP contribution in [0.25, 0.3) is 0 Å². The molecule has 0 atom stereocenters. The molecule has 2 aromatic heterocycles. The monoisotopic (exact) mass is 495 g/mol. The van der Waals surface area contributed by atoms with Crippen molar-refractivity contribution in [3.05, 3.63) is 29.8 Å². The van der Waals surface area contributed by atoms with Gasteiger partial charge in [0.2, 0.25) is 11.8 Å². The molecule has 10 nitrogen and oxygen atoms in total. The van der Waals surface area contributed by atoms with Crippen LogP contribution in [-0.2, 0) is 14.8 Å². The summed E-state index contributed by atoms with van der Waals surface area (Å²) in [6, 6.07) is 5.13. The fraction of sp³-hybridized carbons (Fsp3) is 0.571. The van der Waals surface area contributed by atoms with Gasteiger partial charge in [0.05, 0.1) is 7.11 Å². The van der Waals surface area contributed by atoms with Crippen LogP contribution < -0.4 is 9.64 Å². The number of sulfonamides is 1. The lowest BCUT2D eigenvalue weighted by Gasteiger charge is -2.37. The fourth-order valence-electron chi connectivity index (χ4n) is 4.15. The van der Waals surface area contributed by atoms with Gasteiger partial charge in [-0.15, -0.1) is 11.3 Å². The lowest BCUT2D eigenvalue weighted by Crippen LogP contribution is -2.48. The molecule has 0 N–H and O–H groups in total. The van der Waals surface area contributed by atoms with Crippen LogP contribution in [0.1, 0.15) is 25.7 Å². The highest BCUT2D eigenvalue weighted by Crippen LogP contribution is 2.26. The second-order valence-corrected chi connectivity index (χ2v) is 11.3. The van der Waals surface area contributed by atoms with E-state index in [1.807, 2.05) is 0 Å². The van der Waals surface area contributed by atoms with Gasteiger partial charge in [-0.05, 0) is 37.1 Å². The number of piperidine rings is 2. The van der Waals surface area contributed by atoms with Crippen molar-refractivity contribution in [2.24, 2.45) is 0 Å². The molecule has 4 heterocycles. The minimum Gasteiger partial charge on any atom is -0.481 e. The number of carbonyl (C=O) groups is 1. The molecule has 2 saturated heterocycles. The van der Waals surface area contributed by atoms with Gasteiger partial charge in [-0.2, -0.15) is 9.29 Å². The van der Waals surface area contributed by atoms with E-state index in [-0.39, 0.29) is 18.2 Å². The van der Waals surface area contributed by atoms with Gasteiger partial charge in [-0.25, -0.2) is 18.2 Å². The standard InChI is InChI=1S/C21H29N5O5S2/c1-24(16-6-11-25(12-7-16)20-22-10-5-18(23-20)30-2)21(27)31-17-8-13-26(14-9-17)33(28,29)19-4-3-15-32-19/h3-5,10,15-17H,6-9,11-14H2,1-2H3. The molecule has 0 aliphatic carbocycles. The van der Waals surface area contributed by atoms with E-state index in [1.165, 1.54) is 15.6 Å². The Morgan fingerprint density at radius 1 is 1.15 bits per heavy atom. The summed E-state index contributed by atoms with van der Waals surface area (Å²) in [7, 11) is -0.119. The molecule has 1 amide bonds. The van der Waals surface area contributed by atoms with Gasteiger partial charge in [0.25, 0.3) is 10.0 Å². The van der Waals surface area contributed by atoms with E-state index < -0.39 is 10.0 Å². The highest BCUT2D eigenvalue weighted by Gasteiger charge is 2.33. The highest BCUT2D eigenvalue weighted by molar-refractivity contribution is 7.91. The van der Waals surface area contributed by atoms with Crippen LogP contribution in [0.3, 0.4) is 0 Å². The van der Waals surface area contributed by atoms with E-state index in [2.05, 4.69) is 14.9 Å². The summed E-state index contributed by atoms with van der Waals surface area (Å²) >= 11 is 1.22. The Kier molecular flexibility index (Phi) is 7.35. The second kappa shape index (κ2) is 10.2. The average Bonchev–Trinajstić information content (AvgIpc) is 3.40. The first kappa shape index (κ1) is 23.7. The SMILES string of the molecule is COc1ccnc(N2CCC(N(C)C(=O)OC3CCN(S(=O)(=O)c4cccs4)CC3)CC2)n1. The third kappa shape index (κ3) is 5.39. The molecule has 2 fully saturated rings. The molecule has 0 aromatic carbocycles. The van der Waals surface area contributed by atoms with Gasteiger partial charge >= 0.3 is 6.09 Å². The molecule has 12 heteroatoms. The smallest absolute Gasteiger partial charge is 0.410 e. The maximum absolute atomic E-state index is 12.7. The van der Waals surface area contributed by atoms with E-state index in [9.17, 15) is 13.2 Å². The van der Waals surface area contributed by atoms with Crippen molar-refractivity contribution in [3.8, 4) is 5.88 Å². The van der Waals surface area contributed by atoms with Gasteiger partial charge in [0.1, 0.15) is 10.3 Å². The Morgan fingerprint density at radius 3 is 2.52 bits per heavy atom. The molecule has 0 radical (unpaired) electrons. The van der Waals surface area contributed by atoms with Crippen molar-refractivity contribution < 1.29 is 22.7 Å². The maximum Gasteiger partial charge on any atom is 0.410 e. The van der Waals surface area contributed by atoms with Crippen molar-refractivity contribution in [2.75, 3.05) is 45.2 Å². The minimum absolute atomic E-state index is 0.0682. The Morgan fingerprint density at radius 2 is 1.88 bits per heavy atom. The van der Waals surface area contributed by atoms with Crippen LogP contribution in [0.15, 0.2) is 34.0 Å². The number of aromatic nitrogens is 2. The van der Waals surface area contributed by atoms with E-state index in [0.717, 1.165) is 25.9 Å². The number of carbonyl (C=O) groups excluding carboxylic acids is 1. The first-order chi connectivity index (χ1) is 15.9. The Bertz CT molecular complexity index is 1030. The molecule has 0 unspecified atom stereocenters. The van der Waals surface area contributed by atoms with E-state index in [1.54, 1.807) is 48.8 Å². The molecule has 0 bridgehead atoms. The lowest BCUT2D eigenvalue weighted by molar-refractivity contribution is 0.0349. The number of hydrogen-bond acceptors (Lipinski definition) is 9. The Balaban J connectivity index is 1.24.